The van der Waals surface area contributed by atoms with E-state index < -0.39 is 18.5 Å². The van der Waals surface area contributed by atoms with Gasteiger partial charge in [-0.25, -0.2) is 0 Å². The Morgan fingerprint density at radius 3 is 2.73 bits per heavy atom. The molecule has 0 spiro atoms. The van der Waals surface area contributed by atoms with Crippen LogP contribution < -0.4 is 0 Å². The van der Waals surface area contributed by atoms with Crippen LogP contribution in [-0.4, -0.2) is 35.6 Å². The molecule has 0 aromatic heterocycles. The smallest absolute Gasteiger partial charge is 0.184 e. The zero-order chi connectivity index (χ0) is 10.7. The number of aliphatic hydroxyl groups excluding tert-OH is 2. The first kappa shape index (κ1) is 10.6. The number of ether oxygens (including phenoxy) is 2. The first-order chi connectivity index (χ1) is 7.31. The topological polar surface area (TPSA) is 58.9 Å². The molecular formula is C11H14O4. The van der Waals surface area contributed by atoms with E-state index in [-0.39, 0.29) is 6.61 Å². The van der Waals surface area contributed by atoms with Crippen molar-refractivity contribution < 1.29 is 19.7 Å². The molecule has 0 radical (unpaired) electrons. The van der Waals surface area contributed by atoms with Crippen LogP contribution in [0.4, 0.5) is 0 Å². The number of rotatable bonds is 3. The van der Waals surface area contributed by atoms with Crippen LogP contribution in [-0.2, 0) is 9.47 Å². The minimum Gasteiger partial charge on any atom is -0.394 e. The first-order valence-electron chi connectivity index (χ1n) is 4.92. The lowest BCUT2D eigenvalue weighted by molar-refractivity contribution is -0.0902. The second-order valence-corrected chi connectivity index (χ2v) is 3.50. The Kier molecular flexibility index (Phi) is 3.33. The highest BCUT2D eigenvalue weighted by atomic mass is 16.7. The third kappa shape index (κ3) is 2.35. The molecule has 0 saturated carbocycles. The van der Waals surface area contributed by atoms with Crippen LogP contribution in [0.5, 0.6) is 0 Å². The van der Waals surface area contributed by atoms with Crippen molar-refractivity contribution >= 4 is 0 Å². The highest BCUT2D eigenvalue weighted by Gasteiger charge is 2.31. The normalized spacial score (nSPS) is 27.9. The summed E-state index contributed by atoms with van der Waals surface area (Å²) < 4.78 is 10.8. The van der Waals surface area contributed by atoms with Gasteiger partial charge in [0.2, 0.25) is 0 Å². The number of benzene rings is 1. The Bertz CT molecular complexity index is 301. The zero-order valence-electron chi connectivity index (χ0n) is 8.24. The summed E-state index contributed by atoms with van der Waals surface area (Å²) in [5.41, 5.74) is 0.921. The molecule has 82 valence electrons. The van der Waals surface area contributed by atoms with Gasteiger partial charge in [0.25, 0.3) is 0 Å². The Morgan fingerprint density at radius 1 is 1.33 bits per heavy atom. The molecule has 0 bridgehead atoms. The molecule has 3 unspecified atom stereocenters. The Hall–Kier alpha value is -0.940. The van der Waals surface area contributed by atoms with Crippen LogP contribution in [0.25, 0.3) is 0 Å². The molecule has 1 aliphatic rings. The van der Waals surface area contributed by atoms with Gasteiger partial charge >= 0.3 is 0 Å². The second-order valence-electron chi connectivity index (χ2n) is 3.50. The predicted molar refractivity (Wildman–Crippen MR) is 53.1 cm³/mol. The van der Waals surface area contributed by atoms with E-state index in [0.717, 1.165) is 5.56 Å². The van der Waals surface area contributed by atoms with E-state index in [2.05, 4.69) is 0 Å². The number of hydrogen-bond acceptors (Lipinski definition) is 4. The maximum Gasteiger partial charge on any atom is 0.184 e. The van der Waals surface area contributed by atoms with Crippen molar-refractivity contribution in [2.24, 2.45) is 0 Å². The lowest BCUT2D eigenvalue weighted by Gasteiger charge is -2.14. The molecule has 4 nitrogen and oxygen atoms in total. The number of hydrogen-bond donors (Lipinski definition) is 2. The molecule has 1 saturated heterocycles. The molecule has 15 heavy (non-hydrogen) atoms. The monoisotopic (exact) mass is 210 g/mol. The van der Waals surface area contributed by atoms with E-state index in [9.17, 15) is 5.11 Å². The largest absolute Gasteiger partial charge is 0.394 e. The van der Waals surface area contributed by atoms with E-state index in [4.69, 9.17) is 14.6 Å². The van der Waals surface area contributed by atoms with Gasteiger partial charge in [-0.15, -0.1) is 0 Å². The lowest BCUT2D eigenvalue weighted by Crippen LogP contribution is -2.31. The van der Waals surface area contributed by atoms with Crippen LogP contribution in [0, 0.1) is 0 Å². The quantitative estimate of drug-likeness (QED) is 0.760. The average Bonchev–Trinajstić information content (AvgIpc) is 2.78. The molecule has 1 aromatic rings. The van der Waals surface area contributed by atoms with Gasteiger partial charge in [-0.2, -0.15) is 0 Å². The van der Waals surface area contributed by atoms with Crippen molar-refractivity contribution in [2.45, 2.75) is 18.5 Å². The zero-order valence-corrected chi connectivity index (χ0v) is 8.24. The Morgan fingerprint density at radius 2 is 2.07 bits per heavy atom. The van der Waals surface area contributed by atoms with E-state index in [1.165, 1.54) is 0 Å². The fourth-order valence-corrected chi connectivity index (χ4v) is 1.52. The predicted octanol–water partition coefficient (Wildman–Crippen LogP) is 0.454. The maximum atomic E-state index is 9.37. The molecule has 1 aromatic carbocycles. The van der Waals surface area contributed by atoms with E-state index in [1.807, 2.05) is 30.3 Å². The van der Waals surface area contributed by atoms with Gasteiger partial charge in [0, 0.05) is 5.56 Å². The van der Waals surface area contributed by atoms with Crippen molar-refractivity contribution in [3.63, 3.8) is 0 Å². The summed E-state index contributed by atoms with van der Waals surface area (Å²) in [6, 6.07) is 9.52. The molecule has 1 fully saturated rings. The average molecular weight is 210 g/mol. The first-order valence-corrected chi connectivity index (χ1v) is 4.92. The summed E-state index contributed by atoms with van der Waals surface area (Å²) in [6.45, 7) is -0.00315. The molecule has 4 heteroatoms. The summed E-state index contributed by atoms with van der Waals surface area (Å²) >= 11 is 0. The lowest BCUT2D eigenvalue weighted by atomic mass is 10.2. The molecule has 1 aliphatic heterocycles. The van der Waals surface area contributed by atoms with Gasteiger partial charge in [0.05, 0.1) is 13.2 Å². The van der Waals surface area contributed by atoms with Gasteiger partial charge in [0.15, 0.2) is 6.29 Å². The summed E-state index contributed by atoms with van der Waals surface area (Å²) in [5.74, 6) is 0. The highest BCUT2D eigenvalue weighted by Crippen LogP contribution is 2.27. The Labute approximate surface area is 88.1 Å². The van der Waals surface area contributed by atoms with Crippen LogP contribution in [0.1, 0.15) is 11.9 Å². The minimum atomic E-state index is -0.876. The second kappa shape index (κ2) is 4.72. The third-order valence-electron chi connectivity index (χ3n) is 2.40. The SMILES string of the molecule is OCC(O)C1COC(c2ccccc2)O1. The van der Waals surface area contributed by atoms with Crippen molar-refractivity contribution in [2.75, 3.05) is 13.2 Å². The van der Waals surface area contributed by atoms with Crippen molar-refractivity contribution in [3.05, 3.63) is 35.9 Å². The van der Waals surface area contributed by atoms with Crippen molar-refractivity contribution in [1.29, 1.82) is 0 Å². The molecule has 0 amide bonds. The van der Waals surface area contributed by atoms with Crippen LogP contribution in [0.3, 0.4) is 0 Å². The fraction of sp³-hybridized carbons (Fsp3) is 0.455. The molecule has 2 N–H and O–H groups in total. The van der Waals surface area contributed by atoms with E-state index >= 15 is 0 Å². The van der Waals surface area contributed by atoms with Gasteiger partial charge in [-0.1, -0.05) is 30.3 Å². The van der Waals surface area contributed by atoms with Gasteiger partial charge in [-0.3, -0.25) is 0 Å². The van der Waals surface area contributed by atoms with Gasteiger partial charge in [-0.05, 0) is 0 Å². The van der Waals surface area contributed by atoms with E-state index in [1.54, 1.807) is 0 Å². The highest BCUT2D eigenvalue weighted by molar-refractivity contribution is 5.16. The molecule has 0 aliphatic carbocycles. The van der Waals surface area contributed by atoms with E-state index in [0.29, 0.717) is 6.61 Å². The fourth-order valence-electron chi connectivity index (χ4n) is 1.52. The maximum absolute atomic E-state index is 9.37. The molecular weight excluding hydrogens is 196 g/mol. The molecule has 3 atom stereocenters. The summed E-state index contributed by atoms with van der Waals surface area (Å²) in [5, 5.41) is 18.1. The Balaban J connectivity index is 1.99. The number of aliphatic hydroxyl groups is 2. The van der Waals surface area contributed by atoms with Crippen molar-refractivity contribution in [3.8, 4) is 0 Å². The minimum absolute atomic E-state index is 0.307. The van der Waals surface area contributed by atoms with Crippen LogP contribution in [0.2, 0.25) is 0 Å². The summed E-state index contributed by atoms with van der Waals surface area (Å²) in [7, 11) is 0. The van der Waals surface area contributed by atoms with Gasteiger partial charge < -0.3 is 19.7 Å². The van der Waals surface area contributed by atoms with Crippen molar-refractivity contribution in [1.82, 2.24) is 0 Å². The third-order valence-corrected chi connectivity index (χ3v) is 2.40. The summed E-state index contributed by atoms with van der Waals surface area (Å²) in [4.78, 5) is 0. The van der Waals surface area contributed by atoms with Gasteiger partial charge in [0.1, 0.15) is 12.2 Å². The van der Waals surface area contributed by atoms with Crippen LogP contribution >= 0.6 is 0 Å². The summed E-state index contributed by atoms with van der Waals surface area (Å²) in [6.07, 6.45) is -1.75. The molecule has 2 rings (SSSR count). The molecule has 1 heterocycles. The standard InChI is InChI=1S/C11H14O4/c12-6-9(13)10-7-14-11(15-10)8-4-2-1-3-5-8/h1-5,9-13H,6-7H2. The van der Waals surface area contributed by atoms with Crippen LogP contribution in [0.15, 0.2) is 30.3 Å².